The van der Waals surface area contributed by atoms with E-state index in [-0.39, 0.29) is 50.6 Å². The Morgan fingerprint density at radius 2 is 0.980 bits per heavy atom. The Kier molecular flexibility index (Phi) is 9.54. The lowest BCUT2D eigenvalue weighted by atomic mass is 10.0. The first kappa shape index (κ1) is 34.0. The van der Waals surface area contributed by atoms with Gasteiger partial charge in [-0.05, 0) is 95.1 Å². The Balaban J connectivity index is 1.13. The number of benzene rings is 6. The summed E-state index contributed by atoms with van der Waals surface area (Å²) >= 11 is 0. The van der Waals surface area contributed by atoms with Crippen LogP contribution >= 0.6 is 0 Å². The lowest BCUT2D eigenvalue weighted by Gasteiger charge is -2.10. The van der Waals surface area contributed by atoms with Crippen LogP contribution in [0.2, 0.25) is 0 Å². The predicted octanol–water partition coefficient (Wildman–Crippen LogP) is 9.30. The third-order valence-electron chi connectivity index (χ3n) is 7.60. The maximum absolute atomic E-state index is 14.3. The summed E-state index contributed by atoms with van der Waals surface area (Å²) in [7, 11) is 0. The van der Waals surface area contributed by atoms with E-state index in [0.717, 1.165) is 12.1 Å². The minimum absolute atomic E-state index is 0.00633. The number of esters is 2. The molecule has 0 aromatic heterocycles. The average Bonchev–Trinajstić information content (AvgIpc) is 3.08. The van der Waals surface area contributed by atoms with Crippen LogP contribution in [0.1, 0.15) is 31.8 Å². The number of phenolic OH excluding ortho intramolecular Hbond substituents is 3. The molecule has 6 aromatic rings. The van der Waals surface area contributed by atoms with Crippen molar-refractivity contribution < 1.29 is 51.9 Å². The largest absolute Gasteiger partial charge is 0.508 e. The highest BCUT2D eigenvalue weighted by Crippen LogP contribution is 2.32. The Hall–Kier alpha value is -6.88. The second kappa shape index (κ2) is 14.3. The lowest BCUT2D eigenvalue weighted by Crippen LogP contribution is -2.09. The number of hydrogen-bond donors (Lipinski definition) is 3. The Labute approximate surface area is 287 Å². The maximum Gasteiger partial charge on any atom is 0.347 e. The van der Waals surface area contributed by atoms with Crippen molar-refractivity contribution in [2.24, 2.45) is 0 Å². The van der Waals surface area contributed by atoms with Gasteiger partial charge in [-0.25, -0.2) is 27.2 Å². The van der Waals surface area contributed by atoms with Crippen molar-refractivity contribution in [1.82, 2.24) is 0 Å². The fourth-order valence-electron chi connectivity index (χ4n) is 5.11. The summed E-state index contributed by atoms with van der Waals surface area (Å²) in [6.07, 6.45) is 3.26. The number of halogens is 4. The zero-order valence-electron chi connectivity index (χ0n) is 26.1. The molecule has 0 aliphatic carbocycles. The van der Waals surface area contributed by atoms with Crippen LogP contribution in [-0.2, 0) is 0 Å². The van der Waals surface area contributed by atoms with Crippen LogP contribution in [0, 0.1) is 23.3 Å². The van der Waals surface area contributed by atoms with Crippen LogP contribution in [0.15, 0.2) is 115 Å². The molecule has 0 radical (unpaired) electrons. The topological polar surface area (TPSA) is 113 Å². The fraction of sp³-hybridized carbons (Fsp3) is 0. The molecule has 254 valence electrons. The SMILES string of the molecule is O=C(Oc1ccc(/C=C/c2cc(O)cc(OC(=O)c3cc(-c4ccc(F)cc4F)ccc3O)c2)cc1)c1cc(-c2ccc(F)cc2F)ccc1O. The Bertz CT molecular complexity index is 2340. The molecule has 0 saturated carbocycles. The molecule has 0 aliphatic heterocycles. The lowest BCUT2D eigenvalue weighted by molar-refractivity contribution is 0.0721. The highest BCUT2D eigenvalue weighted by Gasteiger charge is 2.19. The van der Waals surface area contributed by atoms with Gasteiger partial charge in [0.2, 0.25) is 0 Å². The molecule has 0 aliphatic rings. The molecule has 11 heteroatoms. The van der Waals surface area contributed by atoms with E-state index in [4.69, 9.17) is 9.47 Å². The zero-order valence-corrected chi connectivity index (χ0v) is 26.1. The van der Waals surface area contributed by atoms with Crippen molar-refractivity contribution in [1.29, 1.82) is 0 Å². The molecule has 6 rings (SSSR count). The van der Waals surface area contributed by atoms with E-state index in [1.165, 1.54) is 78.9 Å². The van der Waals surface area contributed by atoms with Crippen LogP contribution in [0.3, 0.4) is 0 Å². The summed E-state index contributed by atoms with van der Waals surface area (Å²) in [5.41, 5.74) is 1.01. The molecule has 0 spiro atoms. The second-order valence-electron chi connectivity index (χ2n) is 11.2. The van der Waals surface area contributed by atoms with Crippen molar-refractivity contribution in [2.75, 3.05) is 0 Å². The third-order valence-corrected chi connectivity index (χ3v) is 7.60. The normalized spacial score (nSPS) is 11.1. The van der Waals surface area contributed by atoms with Crippen molar-refractivity contribution >= 4 is 24.1 Å². The zero-order chi connectivity index (χ0) is 36.2. The number of rotatable bonds is 8. The van der Waals surface area contributed by atoms with E-state index < -0.39 is 46.7 Å². The Morgan fingerprint density at radius 3 is 1.49 bits per heavy atom. The quantitative estimate of drug-likeness (QED) is 0.0631. The minimum atomic E-state index is -0.995. The Morgan fingerprint density at radius 1 is 0.490 bits per heavy atom. The number of ether oxygens (including phenoxy) is 2. The molecule has 3 N–H and O–H groups in total. The summed E-state index contributed by atoms with van der Waals surface area (Å²) in [4.78, 5) is 25.8. The smallest absolute Gasteiger partial charge is 0.347 e. The van der Waals surface area contributed by atoms with Gasteiger partial charge in [-0.3, -0.25) is 0 Å². The van der Waals surface area contributed by atoms with E-state index in [2.05, 4.69) is 0 Å². The van der Waals surface area contributed by atoms with Gasteiger partial charge in [0.1, 0.15) is 63.1 Å². The van der Waals surface area contributed by atoms with Crippen molar-refractivity contribution in [2.45, 2.75) is 0 Å². The van der Waals surface area contributed by atoms with Crippen LogP contribution in [0.5, 0.6) is 28.7 Å². The second-order valence-corrected chi connectivity index (χ2v) is 11.2. The number of phenols is 3. The van der Waals surface area contributed by atoms with Crippen LogP contribution in [0.25, 0.3) is 34.4 Å². The van der Waals surface area contributed by atoms with E-state index in [9.17, 15) is 42.5 Å². The summed E-state index contributed by atoms with van der Waals surface area (Å²) in [6.45, 7) is 0. The summed E-state index contributed by atoms with van der Waals surface area (Å²) in [5.74, 6) is -6.12. The molecular formula is C40H24F4O7. The van der Waals surface area contributed by atoms with E-state index >= 15 is 0 Å². The van der Waals surface area contributed by atoms with Crippen LogP contribution < -0.4 is 9.47 Å². The van der Waals surface area contributed by atoms with Crippen molar-refractivity contribution in [3.05, 3.63) is 161 Å². The molecule has 0 atom stereocenters. The van der Waals surface area contributed by atoms with Gasteiger partial charge in [0.05, 0.1) is 0 Å². The third kappa shape index (κ3) is 7.89. The number of carbonyl (C=O) groups excluding carboxylic acids is 2. The highest BCUT2D eigenvalue weighted by molar-refractivity contribution is 5.96. The first-order chi connectivity index (χ1) is 24.4. The first-order valence-corrected chi connectivity index (χ1v) is 15.1. The van der Waals surface area contributed by atoms with Crippen LogP contribution in [-0.4, -0.2) is 27.3 Å². The number of hydrogen-bond acceptors (Lipinski definition) is 7. The van der Waals surface area contributed by atoms with Gasteiger partial charge in [0, 0.05) is 29.3 Å². The number of aromatic hydroxyl groups is 3. The molecule has 0 amide bonds. The molecular weight excluding hydrogens is 668 g/mol. The van der Waals surface area contributed by atoms with Gasteiger partial charge in [-0.2, -0.15) is 0 Å². The highest BCUT2D eigenvalue weighted by atomic mass is 19.1. The van der Waals surface area contributed by atoms with Gasteiger partial charge >= 0.3 is 11.9 Å². The fourth-order valence-corrected chi connectivity index (χ4v) is 5.11. The monoisotopic (exact) mass is 692 g/mol. The van der Waals surface area contributed by atoms with Crippen molar-refractivity contribution in [3.63, 3.8) is 0 Å². The van der Waals surface area contributed by atoms with Gasteiger partial charge < -0.3 is 24.8 Å². The van der Waals surface area contributed by atoms with Crippen molar-refractivity contribution in [3.8, 4) is 51.0 Å². The first-order valence-electron chi connectivity index (χ1n) is 15.1. The molecule has 51 heavy (non-hydrogen) atoms. The molecule has 0 saturated heterocycles. The minimum Gasteiger partial charge on any atom is -0.508 e. The number of carbonyl (C=O) groups is 2. The van der Waals surface area contributed by atoms with E-state index in [0.29, 0.717) is 23.3 Å². The maximum atomic E-state index is 14.3. The molecule has 0 heterocycles. The van der Waals surface area contributed by atoms with Gasteiger partial charge in [0.25, 0.3) is 0 Å². The van der Waals surface area contributed by atoms with Gasteiger partial charge in [0.15, 0.2) is 0 Å². The van der Waals surface area contributed by atoms with E-state index in [1.807, 2.05) is 0 Å². The molecule has 0 unspecified atom stereocenters. The van der Waals surface area contributed by atoms with Gasteiger partial charge in [-0.15, -0.1) is 0 Å². The predicted molar refractivity (Wildman–Crippen MR) is 180 cm³/mol. The summed E-state index contributed by atoms with van der Waals surface area (Å²) < 4.78 is 66.1. The molecule has 0 fully saturated rings. The molecule has 0 bridgehead atoms. The summed E-state index contributed by atoms with van der Waals surface area (Å²) in [6, 6.07) is 23.8. The average molecular weight is 693 g/mol. The standard InChI is InChI=1S/C40H24F4O7/c41-26-7-11-31(35(43)19-26)24-5-13-37(46)33(17-24)39(48)50-29-9-3-22(4-10-29)1-2-23-15-28(45)21-30(16-23)51-40(49)34-18-25(6-14-38(34)47)32-12-8-27(42)20-36(32)44/h1-21,45-47H/b2-1+. The van der Waals surface area contributed by atoms with Gasteiger partial charge in [-0.1, -0.05) is 36.4 Å². The molecule has 7 nitrogen and oxygen atoms in total. The molecule has 6 aromatic carbocycles. The van der Waals surface area contributed by atoms with E-state index in [1.54, 1.807) is 24.3 Å². The van der Waals surface area contributed by atoms with Crippen LogP contribution in [0.4, 0.5) is 17.6 Å². The summed E-state index contributed by atoms with van der Waals surface area (Å²) in [5, 5.41) is 30.8.